The molecule has 0 atom stereocenters. The van der Waals surface area contributed by atoms with Gasteiger partial charge in [0.15, 0.2) is 0 Å². The fraction of sp³-hybridized carbons (Fsp3) is 0.0526. The second kappa shape index (κ2) is 6.32. The summed E-state index contributed by atoms with van der Waals surface area (Å²) in [5, 5.41) is 6.18. The van der Waals surface area contributed by atoms with Gasteiger partial charge in [-0.25, -0.2) is 0 Å². The Morgan fingerprint density at radius 1 is 1.22 bits per heavy atom. The second-order valence-electron chi connectivity index (χ2n) is 5.09. The van der Waals surface area contributed by atoms with Crippen LogP contribution in [0.2, 0.25) is 0 Å². The molecule has 0 radical (unpaired) electrons. The molecular formula is C19H17N3O. The summed E-state index contributed by atoms with van der Waals surface area (Å²) < 4.78 is 0. The van der Waals surface area contributed by atoms with Gasteiger partial charge in [-0.1, -0.05) is 36.9 Å². The van der Waals surface area contributed by atoms with Crippen LogP contribution in [0, 0.1) is 0 Å². The van der Waals surface area contributed by atoms with Gasteiger partial charge in [0.05, 0.1) is 0 Å². The predicted molar refractivity (Wildman–Crippen MR) is 96.0 cm³/mol. The van der Waals surface area contributed by atoms with Crippen LogP contribution in [0.5, 0.6) is 0 Å². The third-order valence-corrected chi connectivity index (χ3v) is 3.62. The van der Waals surface area contributed by atoms with E-state index >= 15 is 0 Å². The molecule has 0 aliphatic carbocycles. The van der Waals surface area contributed by atoms with Crippen LogP contribution < -0.4 is 10.6 Å². The minimum atomic E-state index is -0.130. The average Bonchev–Trinajstić information content (AvgIpc) is 2.93. The number of hydrogen-bond acceptors (Lipinski definition) is 2. The first-order valence-electron chi connectivity index (χ1n) is 7.30. The first-order valence-corrected chi connectivity index (χ1v) is 7.30. The Kier molecular flexibility index (Phi) is 4.06. The molecule has 2 aromatic carbocycles. The van der Waals surface area contributed by atoms with E-state index in [4.69, 9.17) is 0 Å². The lowest BCUT2D eigenvalue weighted by Crippen LogP contribution is -2.11. The summed E-state index contributed by atoms with van der Waals surface area (Å²) in [6, 6.07) is 14.9. The molecule has 1 aliphatic rings. The maximum atomic E-state index is 12.3. The van der Waals surface area contributed by atoms with Gasteiger partial charge in [-0.05, 0) is 30.3 Å². The van der Waals surface area contributed by atoms with Crippen LogP contribution in [0.3, 0.4) is 0 Å². The SMILES string of the molecule is C=C/C=C1\C(=N/C)Nc2ccc(NC(=O)c3ccccc3)cc21. The lowest BCUT2D eigenvalue weighted by molar-refractivity contribution is 0.102. The predicted octanol–water partition coefficient (Wildman–Crippen LogP) is 3.96. The number of allylic oxidation sites excluding steroid dienone is 2. The van der Waals surface area contributed by atoms with Crippen molar-refractivity contribution in [1.29, 1.82) is 0 Å². The van der Waals surface area contributed by atoms with E-state index in [2.05, 4.69) is 22.2 Å². The van der Waals surface area contributed by atoms with E-state index in [-0.39, 0.29) is 5.91 Å². The van der Waals surface area contributed by atoms with Crippen molar-refractivity contribution >= 4 is 28.7 Å². The molecule has 4 heteroatoms. The number of hydrogen-bond donors (Lipinski definition) is 2. The van der Waals surface area contributed by atoms with Crippen LogP contribution in [0.1, 0.15) is 15.9 Å². The summed E-state index contributed by atoms with van der Waals surface area (Å²) in [6.45, 7) is 3.75. The van der Waals surface area contributed by atoms with Crippen LogP contribution in [-0.4, -0.2) is 18.8 Å². The van der Waals surface area contributed by atoms with Crippen LogP contribution in [-0.2, 0) is 0 Å². The number of carbonyl (C=O) groups excluding carboxylic acids is 1. The van der Waals surface area contributed by atoms with Gasteiger partial charge in [0.1, 0.15) is 5.84 Å². The molecule has 0 aromatic heterocycles. The van der Waals surface area contributed by atoms with Crippen molar-refractivity contribution in [1.82, 2.24) is 0 Å². The van der Waals surface area contributed by atoms with Crippen LogP contribution in [0.15, 0.2) is 72.3 Å². The summed E-state index contributed by atoms with van der Waals surface area (Å²) in [5.41, 5.74) is 4.30. The zero-order valence-electron chi connectivity index (χ0n) is 12.8. The number of nitrogens with one attached hydrogen (secondary N) is 2. The van der Waals surface area contributed by atoms with Crippen molar-refractivity contribution in [2.75, 3.05) is 17.7 Å². The molecule has 4 nitrogen and oxygen atoms in total. The van der Waals surface area contributed by atoms with Gasteiger partial charge in [0, 0.05) is 35.1 Å². The summed E-state index contributed by atoms with van der Waals surface area (Å²) in [6.07, 6.45) is 3.64. The average molecular weight is 303 g/mol. The van der Waals surface area contributed by atoms with E-state index in [1.165, 1.54) is 0 Å². The Balaban J connectivity index is 1.90. The van der Waals surface area contributed by atoms with Crippen LogP contribution >= 0.6 is 0 Å². The molecule has 0 bridgehead atoms. The summed E-state index contributed by atoms with van der Waals surface area (Å²) in [4.78, 5) is 16.5. The Labute approximate surface area is 135 Å². The Hall–Kier alpha value is -3.14. The van der Waals surface area contributed by atoms with Crippen molar-refractivity contribution in [3.05, 3.63) is 78.4 Å². The van der Waals surface area contributed by atoms with Crippen molar-refractivity contribution in [2.45, 2.75) is 0 Å². The zero-order valence-corrected chi connectivity index (χ0v) is 12.8. The Bertz CT molecular complexity index is 820. The van der Waals surface area contributed by atoms with E-state index in [1.54, 1.807) is 25.3 Å². The standard InChI is InChI=1S/C19H17N3O/c1-3-7-15-16-12-14(10-11-17(16)22-18(15)20-2)21-19(23)13-8-5-4-6-9-13/h3-12H,1H2,2H3,(H,20,22)(H,21,23)/b15-7-. The number of anilines is 2. The van der Waals surface area contributed by atoms with E-state index < -0.39 is 0 Å². The zero-order chi connectivity index (χ0) is 16.2. The monoisotopic (exact) mass is 303 g/mol. The highest BCUT2D eigenvalue weighted by molar-refractivity contribution is 6.34. The summed E-state index contributed by atoms with van der Waals surface area (Å²) >= 11 is 0. The molecule has 0 saturated heterocycles. The van der Waals surface area contributed by atoms with Gasteiger partial charge in [-0.15, -0.1) is 0 Å². The van der Waals surface area contributed by atoms with E-state index in [9.17, 15) is 4.79 Å². The number of carbonyl (C=O) groups is 1. The van der Waals surface area contributed by atoms with Gasteiger partial charge >= 0.3 is 0 Å². The van der Waals surface area contributed by atoms with Crippen LogP contribution in [0.25, 0.3) is 5.57 Å². The first kappa shape index (κ1) is 14.8. The third-order valence-electron chi connectivity index (χ3n) is 3.62. The molecule has 114 valence electrons. The van der Waals surface area contributed by atoms with Gasteiger partial charge in [0.2, 0.25) is 0 Å². The maximum Gasteiger partial charge on any atom is 0.255 e. The number of aliphatic imine (C=N–C) groups is 1. The lowest BCUT2D eigenvalue weighted by atomic mass is 10.1. The molecule has 0 spiro atoms. The number of amides is 1. The molecule has 1 amide bonds. The number of rotatable bonds is 3. The number of fused-ring (bicyclic) bond motifs is 1. The molecular weight excluding hydrogens is 286 g/mol. The minimum Gasteiger partial charge on any atom is -0.340 e. The molecule has 2 aromatic rings. The normalized spacial score (nSPS) is 16.0. The minimum absolute atomic E-state index is 0.130. The molecule has 0 unspecified atom stereocenters. The Morgan fingerprint density at radius 2 is 2.00 bits per heavy atom. The molecule has 0 saturated carbocycles. The number of amidine groups is 1. The van der Waals surface area contributed by atoms with Gasteiger partial charge in [-0.3, -0.25) is 9.79 Å². The van der Waals surface area contributed by atoms with E-state index in [0.717, 1.165) is 28.3 Å². The fourth-order valence-electron chi connectivity index (χ4n) is 2.53. The van der Waals surface area contributed by atoms with Gasteiger partial charge < -0.3 is 10.6 Å². The van der Waals surface area contributed by atoms with Gasteiger partial charge in [-0.2, -0.15) is 0 Å². The lowest BCUT2D eigenvalue weighted by Gasteiger charge is -2.07. The molecule has 0 fully saturated rings. The van der Waals surface area contributed by atoms with E-state index in [0.29, 0.717) is 5.56 Å². The highest BCUT2D eigenvalue weighted by Crippen LogP contribution is 2.34. The second-order valence-corrected chi connectivity index (χ2v) is 5.09. The van der Waals surface area contributed by atoms with Crippen molar-refractivity contribution in [2.24, 2.45) is 4.99 Å². The highest BCUT2D eigenvalue weighted by Gasteiger charge is 2.21. The van der Waals surface area contributed by atoms with Crippen molar-refractivity contribution in [3.8, 4) is 0 Å². The quantitative estimate of drug-likeness (QED) is 0.901. The molecule has 1 heterocycles. The Morgan fingerprint density at radius 3 is 2.70 bits per heavy atom. The maximum absolute atomic E-state index is 12.3. The molecule has 2 N–H and O–H groups in total. The summed E-state index contributed by atoms with van der Waals surface area (Å²) in [7, 11) is 1.74. The summed E-state index contributed by atoms with van der Waals surface area (Å²) in [5.74, 6) is 0.668. The van der Waals surface area contributed by atoms with Gasteiger partial charge in [0.25, 0.3) is 5.91 Å². The van der Waals surface area contributed by atoms with Crippen molar-refractivity contribution in [3.63, 3.8) is 0 Å². The van der Waals surface area contributed by atoms with Crippen LogP contribution in [0.4, 0.5) is 11.4 Å². The number of nitrogens with zero attached hydrogens (tertiary/aromatic N) is 1. The topological polar surface area (TPSA) is 53.5 Å². The van der Waals surface area contributed by atoms with E-state index in [1.807, 2.05) is 42.5 Å². The smallest absolute Gasteiger partial charge is 0.255 e. The third kappa shape index (κ3) is 2.92. The highest BCUT2D eigenvalue weighted by atomic mass is 16.1. The fourth-order valence-corrected chi connectivity index (χ4v) is 2.53. The van der Waals surface area contributed by atoms with Crippen molar-refractivity contribution < 1.29 is 4.79 Å². The largest absolute Gasteiger partial charge is 0.340 e. The number of benzene rings is 2. The molecule has 3 rings (SSSR count). The molecule has 1 aliphatic heterocycles. The molecule has 23 heavy (non-hydrogen) atoms. The first-order chi connectivity index (χ1) is 11.2.